The van der Waals surface area contributed by atoms with Crippen LogP contribution in [0.4, 0.5) is 5.82 Å². The first-order valence-electron chi connectivity index (χ1n) is 6.60. The number of aromatic nitrogens is 2. The molecule has 1 aliphatic rings. The second-order valence-corrected chi connectivity index (χ2v) is 5.10. The SMILES string of the molecule is Cc1nn(C)c(NCCC2CCCC2)c1C(=O)O. The van der Waals surface area contributed by atoms with E-state index in [4.69, 9.17) is 0 Å². The summed E-state index contributed by atoms with van der Waals surface area (Å²) in [4.78, 5) is 11.2. The number of carboxylic acids is 1. The minimum Gasteiger partial charge on any atom is -0.477 e. The highest BCUT2D eigenvalue weighted by Gasteiger charge is 2.20. The van der Waals surface area contributed by atoms with E-state index in [2.05, 4.69) is 10.4 Å². The normalized spacial score (nSPS) is 16.1. The van der Waals surface area contributed by atoms with Gasteiger partial charge in [0.2, 0.25) is 0 Å². The number of hydrogen-bond donors (Lipinski definition) is 2. The fraction of sp³-hybridized carbons (Fsp3) is 0.692. The van der Waals surface area contributed by atoms with Crippen LogP contribution in [0.15, 0.2) is 0 Å². The number of carbonyl (C=O) groups is 1. The summed E-state index contributed by atoms with van der Waals surface area (Å²) in [5, 5.41) is 16.6. The topological polar surface area (TPSA) is 67.2 Å². The van der Waals surface area contributed by atoms with Crippen LogP contribution < -0.4 is 5.32 Å². The van der Waals surface area contributed by atoms with Gasteiger partial charge in [0.25, 0.3) is 0 Å². The molecule has 5 nitrogen and oxygen atoms in total. The number of aromatic carboxylic acids is 1. The van der Waals surface area contributed by atoms with Gasteiger partial charge < -0.3 is 10.4 Å². The molecule has 0 aliphatic heterocycles. The second kappa shape index (κ2) is 5.42. The van der Waals surface area contributed by atoms with Crippen LogP contribution in [0.3, 0.4) is 0 Å². The third kappa shape index (κ3) is 2.66. The summed E-state index contributed by atoms with van der Waals surface area (Å²) in [5.41, 5.74) is 0.859. The molecule has 1 fully saturated rings. The van der Waals surface area contributed by atoms with Crippen LogP contribution in [0.5, 0.6) is 0 Å². The Labute approximate surface area is 107 Å². The zero-order chi connectivity index (χ0) is 13.1. The van der Waals surface area contributed by atoms with Gasteiger partial charge in [-0.2, -0.15) is 5.10 Å². The Morgan fingerprint density at radius 2 is 2.17 bits per heavy atom. The van der Waals surface area contributed by atoms with Gasteiger partial charge in [-0.25, -0.2) is 4.79 Å². The minimum atomic E-state index is -0.913. The van der Waals surface area contributed by atoms with Crippen molar-refractivity contribution in [3.8, 4) is 0 Å². The Balaban J connectivity index is 1.97. The van der Waals surface area contributed by atoms with E-state index in [0.29, 0.717) is 17.1 Å². The number of carboxylic acid groups (broad SMARTS) is 1. The van der Waals surface area contributed by atoms with E-state index >= 15 is 0 Å². The number of nitrogens with zero attached hydrogens (tertiary/aromatic N) is 2. The first-order valence-corrected chi connectivity index (χ1v) is 6.60. The van der Waals surface area contributed by atoms with E-state index in [0.717, 1.165) is 18.9 Å². The molecule has 0 radical (unpaired) electrons. The first-order chi connectivity index (χ1) is 8.59. The summed E-state index contributed by atoms with van der Waals surface area (Å²) in [6, 6.07) is 0. The molecule has 0 saturated heterocycles. The van der Waals surface area contributed by atoms with Crippen molar-refractivity contribution >= 4 is 11.8 Å². The summed E-state index contributed by atoms with van der Waals surface area (Å²) < 4.78 is 1.62. The number of hydrogen-bond acceptors (Lipinski definition) is 3. The molecule has 1 aromatic heterocycles. The Hall–Kier alpha value is -1.52. The number of rotatable bonds is 5. The molecular weight excluding hydrogens is 230 g/mol. The Kier molecular flexibility index (Phi) is 3.89. The summed E-state index contributed by atoms with van der Waals surface area (Å²) in [5.74, 6) is 0.516. The predicted molar refractivity (Wildman–Crippen MR) is 70.0 cm³/mol. The van der Waals surface area contributed by atoms with Crippen molar-refractivity contribution in [2.45, 2.75) is 39.0 Å². The molecule has 0 amide bonds. The lowest BCUT2D eigenvalue weighted by Crippen LogP contribution is -2.12. The molecule has 1 saturated carbocycles. The van der Waals surface area contributed by atoms with Crippen molar-refractivity contribution < 1.29 is 9.90 Å². The molecule has 0 aromatic carbocycles. The Morgan fingerprint density at radius 1 is 1.50 bits per heavy atom. The molecule has 1 aromatic rings. The van der Waals surface area contributed by atoms with Crippen LogP contribution in [0.25, 0.3) is 0 Å². The van der Waals surface area contributed by atoms with E-state index in [1.165, 1.54) is 25.7 Å². The quantitative estimate of drug-likeness (QED) is 0.843. The van der Waals surface area contributed by atoms with E-state index in [1.54, 1.807) is 18.7 Å². The summed E-state index contributed by atoms with van der Waals surface area (Å²) in [6.45, 7) is 2.55. The first kappa shape index (κ1) is 12.9. The maximum absolute atomic E-state index is 11.2. The highest BCUT2D eigenvalue weighted by atomic mass is 16.4. The van der Waals surface area contributed by atoms with Gasteiger partial charge in [-0.15, -0.1) is 0 Å². The average Bonchev–Trinajstić information content (AvgIpc) is 2.87. The zero-order valence-corrected chi connectivity index (χ0v) is 11.1. The predicted octanol–water partition coefficient (Wildman–Crippen LogP) is 2.42. The van der Waals surface area contributed by atoms with Crippen molar-refractivity contribution in [1.82, 2.24) is 9.78 Å². The fourth-order valence-corrected chi connectivity index (χ4v) is 2.81. The van der Waals surface area contributed by atoms with E-state index in [9.17, 15) is 9.90 Å². The molecule has 0 unspecified atom stereocenters. The van der Waals surface area contributed by atoms with Gasteiger partial charge in [0.1, 0.15) is 11.4 Å². The molecule has 2 N–H and O–H groups in total. The molecule has 2 rings (SSSR count). The molecule has 5 heteroatoms. The molecule has 1 heterocycles. The van der Waals surface area contributed by atoms with Crippen LogP contribution in [0.2, 0.25) is 0 Å². The van der Waals surface area contributed by atoms with Crippen LogP contribution in [0.1, 0.15) is 48.2 Å². The summed E-state index contributed by atoms with van der Waals surface area (Å²) in [6.07, 6.45) is 6.44. The molecule has 18 heavy (non-hydrogen) atoms. The van der Waals surface area contributed by atoms with Crippen LogP contribution >= 0.6 is 0 Å². The second-order valence-electron chi connectivity index (χ2n) is 5.10. The van der Waals surface area contributed by atoms with Crippen LogP contribution in [0, 0.1) is 12.8 Å². The van der Waals surface area contributed by atoms with Gasteiger partial charge >= 0.3 is 5.97 Å². The van der Waals surface area contributed by atoms with Gasteiger partial charge in [0, 0.05) is 13.6 Å². The number of aryl methyl sites for hydroxylation is 2. The van der Waals surface area contributed by atoms with Gasteiger partial charge in [-0.1, -0.05) is 25.7 Å². The number of anilines is 1. The molecule has 1 aliphatic carbocycles. The smallest absolute Gasteiger partial charge is 0.341 e. The van der Waals surface area contributed by atoms with Gasteiger partial charge in [-0.05, 0) is 19.3 Å². The fourth-order valence-electron chi connectivity index (χ4n) is 2.81. The van der Waals surface area contributed by atoms with Gasteiger partial charge in [-0.3, -0.25) is 4.68 Å². The molecule has 0 atom stereocenters. The Bertz CT molecular complexity index is 434. The van der Waals surface area contributed by atoms with Crippen molar-refractivity contribution in [3.63, 3.8) is 0 Å². The molecular formula is C13H21N3O2. The largest absolute Gasteiger partial charge is 0.477 e. The lowest BCUT2D eigenvalue weighted by molar-refractivity contribution is 0.0697. The molecule has 0 spiro atoms. The minimum absolute atomic E-state index is 0.295. The average molecular weight is 251 g/mol. The number of nitrogens with one attached hydrogen (secondary N) is 1. The Morgan fingerprint density at radius 3 is 2.78 bits per heavy atom. The maximum Gasteiger partial charge on any atom is 0.341 e. The summed E-state index contributed by atoms with van der Waals surface area (Å²) in [7, 11) is 1.78. The van der Waals surface area contributed by atoms with Crippen LogP contribution in [-0.2, 0) is 7.05 Å². The van der Waals surface area contributed by atoms with Crippen molar-refractivity contribution in [1.29, 1.82) is 0 Å². The zero-order valence-electron chi connectivity index (χ0n) is 11.1. The van der Waals surface area contributed by atoms with E-state index in [1.807, 2.05) is 0 Å². The standard InChI is InChI=1S/C13H21N3O2/c1-9-11(13(17)18)12(16(2)15-9)14-8-7-10-5-3-4-6-10/h10,14H,3-8H2,1-2H3,(H,17,18). The summed E-state index contributed by atoms with van der Waals surface area (Å²) >= 11 is 0. The van der Waals surface area contributed by atoms with Crippen molar-refractivity contribution in [2.24, 2.45) is 13.0 Å². The van der Waals surface area contributed by atoms with Gasteiger partial charge in [0.05, 0.1) is 5.69 Å². The van der Waals surface area contributed by atoms with E-state index < -0.39 is 5.97 Å². The lowest BCUT2D eigenvalue weighted by atomic mass is 10.0. The van der Waals surface area contributed by atoms with Crippen molar-refractivity contribution in [3.05, 3.63) is 11.3 Å². The highest BCUT2D eigenvalue weighted by Crippen LogP contribution is 2.27. The lowest BCUT2D eigenvalue weighted by Gasteiger charge is -2.11. The molecule has 100 valence electrons. The highest BCUT2D eigenvalue weighted by molar-refractivity contribution is 5.94. The van der Waals surface area contributed by atoms with E-state index in [-0.39, 0.29) is 0 Å². The third-order valence-corrected chi connectivity index (χ3v) is 3.76. The van der Waals surface area contributed by atoms with Crippen molar-refractivity contribution in [2.75, 3.05) is 11.9 Å². The van der Waals surface area contributed by atoms with Crippen LogP contribution in [-0.4, -0.2) is 27.4 Å². The molecule has 0 bridgehead atoms. The van der Waals surface area contributed by atoms with Gasteiger partial charge in [0.15, 0.2) is 0 Å². The monoisotopic (exact) mass is 251 g/mol. The third-order valence-electron chi connectivity index (χ3n) is 3.76. The maximum atomic E-state index is 11.2.